The SMILES string of the molecule is CS(=O)(=O)c1ccc(NS(=O)(=O)CCl)c(Cl)c1. The van der Waals surface area contributed by atoms with Crippen molar-refractivity contribution in [2.75, 3.05) is 16.2 Å². The van der Waals surface area contributed by atoms with E-state index in [1.54, 1.807) is 0 Å². The first kappa shape index (κ1) is 14.6. The van der Waals surface area contributed by atoms with Gasteiger partial charge >= 0.3 is 0 Å². The number of hydrogen-bond acceptors (Lipinski definition) is 4. The van der Waals surface area contributed by atoms with Gasteiger partial charge in [-0.3, -0.25) is 4.72 Å². The van der Waals surface area contributed by atoms with Gasteiger partial charge in [0.05, 0.1) is 15.6 Å². The number of rotatable bonds is 4. The fourth-order valence-corrected chi connectivity index (χ4v) is 2.73. The fourth-order valence-electron chi connectivity index (χ4n) is 1.00. The quantitative estimate of drug-likeness (QED) is 0.857. The van der Waals surface area contributed by atoms with E-state index >= 15 is 0 Å². The van der Waals surface area contributed by atoms with Gasteiger partial charge in [0.2, 0.25) is 10.0 Å². The molecule has 0 aliphatic rings. The standard InChI is InChI=1S/C8H9Cl2NO4S2/c1-16(12,13)6-2-3-8(7(10)4-6)11-17(14,15)5-9/h2-4,11H,5H2,1H3. The highest BCUT2D eigenvalue weighted by Gasteiger charge is 2.14. The van der Waals surface area contributed by atoms with Gasteiger partial charge in [-0.25, -0.2) is 16.8 Å². The second-order valence-electron chi connectivity index (χ2n) is 3.24. The molecule has 0 amide bonds. The van der Waals surface area contributed by atoms with E-state index in [0.717, 1.165) is 6.26 Å². The van der Waals surface area contributed by atoms with Crippen LogP contribution in [0.1, 0.15) is 0 Å². The molecule has 1 aromatic carbocycles. The summed E-state index contributed by atoms with van der Waals surface area (Å²) in [6, 6.07) is 3.69. The summed E-state index contributed by atoms with van der Waals surface area (Å²) >= 11 is 11.0. The third-order valence-electron chi connectivity index (χ3n) is 1.78. The molecule has 0 bridgehead atoms. The zero-order valence-corrected chi connectivity index (χ0v) is 11.8. The van der Waals surface area contributed by atoms with Gasteiger partial charge in [0.1, 0.15) is 5.21 Å². The monoisotopic (exact) mass is 317 g/mol. The van der Waals surface area contributed by atoms with Gasteiger partial charge in [0.15, 0.2) is 9.84 Å². The molecular formula is C8H9Cl2NO4S2. The van der Waals surface area contributed by atoms with E-state index in [9.17, 15) is 16.8 Å². The highest BCUT2D eigenvalue weighted by molar-refractivity contribution is 7.93. The minimum Gasteiger partial charge on any atom is -0.281 e. The van der Waals surface area contributed by atoms with Crippen LogP contribution in [0.25, 0.3) is 0 Å². The van der Waals surface area contributed by atoms with Crippen LogP contribution in [0.2, 0.25) is 5.02 Å². The zero-order chi connectivity index (χ0) is 13.3. The summed E-state index contributed by atoms with van der Waals surface area (Å²) in [6.07, 6.45) is 1.03. The molecule has 0 radical (unpaired) electrons. The molecule has 0 spiro atoms. The predicted octanol–water partition coefficient (Wildman–Crippen LogP) is 1.68. The van der Waals surface area contributed by atoms with Crippen LogP contribution in [0.15, 0.2) is 23.1 Å². The summed E-state index contributed by atoms with van der Waals surface area (Å²) in [4.78, 5) is 0.0105. The molecule has 0 saturated carbocycles. The van der Waals surface area contributed by atoms with Crippen molar-refractivity contribution in [3.8, 4) is 0 Å². The molecule has 0 unspecified atom stereocenters. The summed E-state index contributed by atoms with van der Waals surface area (Å²) in [7, 11) is -7.04. The Kier molecular flexibility index (Phi) is 4.29. The summed E-state index contributed by atoms with van der Waals surface area (Å²) in [5.41, 5.74) is 0.0831. The van der Waals surface area contributed by atoms with Crippen LogP contribution >= 0.6 is 23.2 Å². The normalized spacial score (nSPS) is 12.4. The molecule has 0 aliphatic heterocycles. The first-order valence-electron chi connectivity index (χ1n) is 4.22. The van der Waals surface area contributed by atoms with Gasteiger partial charge in [-0.15, -0.1) is 11.6 Å². The van der Waals surface area contributed by atoms with Gasteiger partial charge in [0.25, 0.3) is 0 Å². The van der Waals surface area contributed by atoms with Crippen LogP contribution in [0.3, 0.4) is 0 Å². The summed E-state index contributed by atoms with van der Waals surface area (Å²) in [6.45, 7) is 0. The number of anilines is 1. The summed E-state index contributed by atoms with van der Waals surface area (Å²) in [5.74, 6) is 0. The molecule has 96 valence electrons. The molecule has 9 heteroatoms. The van der Waals surface area contributed by atoms with E-state index in [1.165, 1.54) is 18.2 Å². The fraction of sp³-hybridized carbons (Fsp3) is 0.250. The van der Waals surface area contributed by atoms with E-state index in [-0.39, 0.29) is 15.6 Å². The van der Waals surface area contributed by atoms with Gasteiger partial charge < -0.3 is 0 Å². The summed E-state index contributed by atoms with van der Waals surface area (Å²) in [5, 5.41) is -0.626. The first-order chi connectivity index (χ1) is 7.65. The van der Waals surface area contributed by atoms with Crippen LogP contribution in [0.4, 0.5) is 5.69 Å². The van der Waals surface area contributed by atoms with Crippen LogP contribution in [0.5, 0.6) is 0 Å². The number of halogens is 2. The number of sulfone groups is 1. The maximum absolute atomic E-state index is 11.2. The van der Waals surface area contributed by atoms with Crippen molar-refractivity contribution in [3.05, 3.63) is 23.2 Å². The molecule has 1 N–H and O–H groups in total. The number of benzene rings is 1. The van der Waals surface area contributed by atoms with Gasteiger partial charge in [-0.2, -0.15) is 0 Å². The lowest BCUT2D eigenvalue weighted by atomic mass is 10.3. The minimum absolute atomic E-state index is 0.0105. The average molecular weight is 318 g/mol. The van der Waals surface area contributed by atoms with E-state index in [2.05, 4.69) is 4.72 Å². The first-order valence-corrected chi connectivity index (χ1v) is 8.67. The van der Waals surface area contributed by atoms with Crippen molar-refractivity contribution >= 4 is 48.7 Å². The Morgan fingerprint density at radius 2 is 1.82 bits per heavy atom. The Hall–Kier alpha value is -0.500. The van der Waals surface area contributed by atoms with Crippen LogP contribution in [-0.2, 0) is 19.9 Å². The lowest BCUT2D eigenvalue weighted by Crippen LogP contribution is -2.13. The Morgan fingerprint density at radius 1 is 1.24 bits per heavy atom. The molecule has 0 atom stereocenters. The Bertz CT molecular complexity index is 625. The highest BCUT2D eigenvalue weighted by Crippen LogP contribution is 2.26. The maximum atomic E-state index is 11.2. The lowest BCUT2D eigenvalue weighted by molar-refractivity contribution is 0.601. The van der Waals surface area contributed by atoms with Crippen molar-refractivity contribution in [3.63, 3.8) is 0 Å². The topological polar surface area (TPSA) is 80.3 Å². The molecule has 0 fully saturated rings. The lowest BCUT2D eigenvalue weighted by Gasteiger charge is -2.08. The molecule has 0 heterocycles. The average Bonchev–Trinajstić information content (AvgIpc) is 2.19. The molecule has 1 aromatic rings. The van der Waals surface area contributed by atoms with E-state index < -0.39 is 25.1 Å². The maximum Gasteiger partial charge on any atom is 0.246 e. The van der Waals surface area contributed by atoms with Crippen molar-refractivity contribution in [1.29, 1.82) is 0 Å². The van der Waals surface area contributed by atoms with Crippen LogP contribution in [-0.4, -0.2) is 28.3 Å². The zero-order valence-electron chi connectivity index (χ0n) is 8.64. The molecule has 0 aliphatic carbocycles. The predicted molar refractivity (Wildman–Crippen MR) is 67.8 cm³/mol. The van der Waals surface area contributed by atoms with Crippen LogP contribution < -0.4 is 4.72 Å². The number of hydrogen-bond donors (Lipinski definition) is 1. The van der Waals surface area contributed by atoms with E-state index in [1.807, 2.05) is 0 Å². The van der Waals surface area contributed by atoms with Crippen molar-refractivity contribution in [2.45, 2.75) is 4.90 Å². The largest absolute Gasteiger partial charge is 0.281 e. The molecule has 1 rings (SSSR count). The van der Waals surface area contributed by atoms with E-state index in [4.69, 9.17) is 23.2 Å². The second kappa shape index (κ2) is 5.01. The Labute approximate surface area is 110 Å². The second-order valence-corrected chi connectivity index (χ2v) is 7.97. The van der Waals surface area contributed by atoms with Gasteiger partial charge in [-0.05, 0) is 18.2 Å². The molecular weight excluding hydrogens is 309 g/mol. The minimum atomic E-state index is -3.66. The van der Waals surface area contributed by atoms with Gasteiger partial charge in [0, 0.05) is 6.26 Å². The number of alkyl halides is 1. The number of nitrogens with one attached hydrogen (secondary N) is 1. The van der Waals surface area contributed by atoms with Crippen molar-refractivity contribution in [1.82, 2.24) is 0 Å². The van der Waals surface area contributed by atoms with Crippen molar-refractivity contribution in [2.24, 2.45) is 0 Å². The molecule has 0 aromatic heterocycles. The summed E-state index contributed by atoms with van der Waals surface area (Å²) < 4.78 is 46.9. The molecule has 5 nitrogen and oxygen atoms in total. The Balaban J connectivity index is 3.16. The third kappa shape index (κ3) is 4.02. The van der Waals surface area contributed by atoms with E-state index in [0.29, 0.717) is 0 Å². The molecule has 0 saturated heterocycles. The third-order valence-corrected chi connectivity index (χ3v) is 4.88. The number of sulfonamides is 1. The Morgan fingerprint density at radius 3 is 2.24 bits per heavy atom. The van der Waals surface area contributed by atoms with Gasteiger partial charge in [-0.1, -0.05) is 11.6 Å². The highest BCUT2D eigenvalue weighted by atomic mass is 35.5. The smallest absolute Gasteiger partial charge is 0.246 e. The van der Waals surface area contributed by atoms with Crippen molar-refractivity contribution < 1.29 is 16.8 Å². The van der Waals surface area contributed by atoms with Crippen LogP contribution in [0, 0.1) is 0 Å². The molecule has 17 heavy (non-hydrogen) atoms.